The molecule has 0 aromatic heterocycles. The summed E-state index contributed by atoms with van der Waals surface area (Å²) in [4.78, 5) is 0. The zero-order valence-electron chi connectivity index (χ0n) is 6.09. The van der Waals surface area contributed by atoms with Crippen LogP contribution in [0.4, 0.5) is 0 Å². The van der Waals surface area contributed by atoms with Crippen molar-refractivity contribution in [1.82, 2.24) is 0 Å². The molecular formula is C8H14O. The Balaban J connectivity index is 2.60. The van der Waals surface area contributed by atoms with Gasteiger partial charge in [0.25, 0.3) is 0 Å². The van der Waals surface area contributed by atoms with Crippen molar-refractivity contribution in [2.24, 2.45) is 5.41 Å². The molecule has 0 aromatic carbocycles. The maximum absolute atomic E-state index is 9.19. The summed E-state index contributed by atoms with van der Waals surface area (Å²) in [7, 11) is 0. The normalized spacial score (nSPS) is 32.6. The fraction of sp³-hybridized carbons (Fsp3) is 0.750. The Kier molecular flexibility index (Phi) is 1.62. The summed E-state index contributed by atoms with van der Waals surface area (Å²) >= 11 is 0. The Morgan fingerprint density at radius 3 is 2.56 bits per heavy atom. The highest BCUT2D eigenvalue weighted by Gasteiger charge is 2.21. The average molecular weight is 126 g/mol. The maximum Gasteiger partial charge on any atom is 0.0582 e. The Morgan fingerprint density at radius 1 is 1.56 bits per heavy atom. The van der Waals surface area contributed by atoms with E-state index in [-0.39, 0.29) is 11.5 Å². The van der Waals surface area contributed by atoms with E-state index in [9.17, 15) is 5.11 Å². The summed E-state index contributed by atoms with van der Waals surface area (Å²) in [6.45, 7) is 4.29. The highest BCUT2D eigenvalue weighted by Crippen LogP contribution is 2.29. The van der Waals surface area contributed by atoms with Crippen LogP contribution >= 0.6 is 0 Å². The number of aliphatic hydroxyl groups is 1. The molecule has 1 unspecified atom stereocenters. The van der Waals surface area contributed by atoms with E-state index in [1.807, 2.05) is 0 Å². The molecule has 0 bridgehead atoms. The lowest BCUT2D eigenvalue weighted by atomic mass is 9.82. The molecule has 9 heavy (non-hydrogen) atoms. The van der Waals surface area contributed by atoms with Crippen molar-refractivity contribution in [2.75, 3.05) is 0 Å². The topological polar surface area (TPSA) is 20.2 Å². The lowest BCUT2D eigenvalue weighted by molar-refractivity contribution is 0.125. The zero-order valence-corrected chi connectivity index (χ0v) is 6.09. The lowest BCUT2D eigenvalue weighted by Gasteiger charge is -2.27. The van der Waals surface area contributed by atoms with E-state index in [4.69, 9.17) is 0 Å². The van der Waals surface area contributed by atoms with Crippen LogP contribution in [-0.4, -0.2) is 11.2 Å². The average Bonchev–Trinajstić information content (AvgIpc) is 1.60. The minimum absolute atomic E-state index is 0.106. The molecule has 0 amide bonds. The first-order valence-electron chi connectivity index (χ1n) is 3.46. The molecule has 1 aliphatic rings. The molecule has 1 rings (SSSR count). The second-order valence-corrected chi connectivity index (χ2v) is 3.48. The van der Waals surface area contributed by atoms with E-state index in [1.54, 1.807) is 0 Å². The summed E-state index contributed by atoms with van der Waals surface area (Å²) in [5.41, 5.74) is 0.220. The Morgan fingerprint density at radius 2 is 2.22 bits per heavy atom. The summed E-state index contributed by atoms with van der Waals surface area (Å²) in [5, 5.41) is 9.19. The molecule has 0 heterocycles. The minimum Gasteiger partial charge on any atom is -0.393 e. The quantitative estimate of drug-likeness (QED) is 0.490. The van der Waals surface area contributed by atoms with E-state index in [1.165, 1.54) is 0 Å². The molecule has 1 heteroatoms. The summed E-state index contributed by atoms with van der Waals surface area (Å²) < 4.78 is 0. The monoisotopic (exact) mass is 126 g/mol. The van der Waals surface area contributed by atoms with Crippen molar-refractivity contribution in [1.29, 1.82) is 0 Å². The van der Waals surface area contributed by atoms with Gasteiger partial charge < -0.3 is 5.11 Å². The van der Waals surface area contributed by atoms with Crippen LogP contribution in [0.1, 0.15) is 26.7 Å². The number of hydrogen-bond acceptors (Lipinski definition) is 1. The smallest absolute Gasteiger partial charge is 0.0582 e. The highest BCUT2D eigenvalue weighted by atomic mass is 16.3. The first kappa shape index (κ1) is 6.81. The number of allylic oxidation sites excluding steroid dienone is 1. The van der Waals surface area contributed by atoms with Gasteiger partial charge in [0.15, 0.2) is 0 Å². The SMILES string of the molecule is CC1(C)C=CCC(O)C1. The van der Waals surface area contributed by atoms with Gasteiger partial charge in [0, 0.05) is 0 Å². The Labute approximate surface area is 56.4 Å². The van der Waals surface area contributed by atoms with Gasteiger partial charge in [-0.3, -0.25) is 0 Å². The van der Waals surface area contributed by atoms with E-state index >= 15 is 0 Å². The van der Waals surface area contributed by atoms with Crippen LogP contribution in [0, 0.1) is 5.41 Å². The van der Waals surface area contributed by atoms with Crippen LogP contribution < -0.4 is 0 Å². The molecule has 0 aromatic rings. The van der Waals surface area contributed by atoms with E-state index in [0.717, 1.165) is 12.8 Å². The third-order valence-corrected chi connectivity index (χ3v) is 1.74. The molecule has 0 spiro atoms. The molecule has 0 radical (unpaired) electrons. The number of hydrogen-bond donors (Lipinski definition) is 1. The first-order valence-corrected chi connectivity index (χ1v) is 3.46. The molecule has 1 aliphatic carbocycles. The number of rotatable bonds is 0. The third-order valence-electron chi connectivity index (χ3n) is 1.74. The Hall–Kier alpha value is -0.300. The second-order valence-electron chi connectivity index (χ2n) is 3.48. The first-order chi connectivity index (χ1) is 4.10. The fourth-order valence-electron chi connectivity index (χ4n) is 1.30. The van der Waals surface area contributed by atoms with Gasteiger partial charge in [0.2, 0.25) is 0 Å². The van der Waals surface area contributed by atoms with Gasteiger partial charge in [-0.05, 0) is 18.3 Å². The van der Waals surface area contributed by atoms with Crippen molar-refractivity contribution in [2.45, 2.75) is 32.8 Å². The molecule has 0 saturated carbocycles. The molecular weight excluding hydrogens is 112 g/mol. The second kappa shape index (κ2) is 2.14. The molecule has 1 N–H and O–H groups in total. The van der Waals surface area contributed by atoms with E-state index < -0.39 is 0 Å². The largest absolute Gasteiger partial charge is 0.393 e. The van der Waals surface area contributed by atoms with Gasteiger partial charge in [0.1, 0.15) is 0 Å². The predicted molar refractivity (Wildman–Crippen MR) is 38.2 cm³/mol. The van der Waals surface area contributed by atoms with Crippen LogP contribution in [-0.2, 0) is 0 Å². The van der Waals surface area contributed by atoms with Crippen LogP contribution in [0.2, 0.25) is 0 Å². The van der Waals surface area contributed by atoms with Crippen LogP contribution in [0.5, 0.6) is 0 Å². The molecule has 1 nitrogen and oxygen atoms in total. The lowest BCUT2D eigenvalue weighted by Crippen LogP contribution is -2.21. The van der Waals surface area contributed by atoms with Gasteiger partial charge in [-0.15, -0.1) is 0 Å². The number of aliphatic hydroxyl groups excluding tert-OH is 1. The third kappa shape index (κ3) is 1.83. The highest BCUT2D eigenvalue weighted by molar-refractivity contribution is 5.01. The van der Waals surface area contributed by atoms with Gasteiger partial charge >= 0.3 is 0 Å². The van der Waals surface area contributed by atoms with Crippen molar-refractivity contribution in [3.05, 3.63) is 12.2 Å². The van der Waals surface area contributed by atoms with E-state index in [2.05, 4.69) is 26.0 Å². The van der Waals surface area contributed by atoms with Crippen molar-refractivity contribution >= 4 is 0 Å². The van der Waals surface area contributed by atoms with Gasteiger partial charge in [-0.25, -0.2) is 0 Å². The predicted octanol–water partition coefficient (Wildman–Crippen LogP) is 1.72. The maximum atomic E-state index is 9.19. The Bertz CT molecular complexity index is 125. The zero-order chi connectivity index (χ0) is 6.91. The van der Waals surface area contributed by atoms with Gasteiger partial charge in [-0.1, -0.05) is 26.0 Å². The van der Waals surface area contributed by atoms with Crippen molar-refractivity contribution in [3.8, 4) is 0 Å². The molecule has 0 fully saturated rings. The van der Waals surface area contributed by atoms with Crippen LogP contribution in [0.3, 0.4) is 0 Å². The summed E-state index contributed by atoms with van der Waals surface area (Å²) in [5.74, 6) is 0. The molecule has 1 atom stereocenters. The van der Waals surface area contributed by atoms with Gasteiger partial charge in [-0.2, -0.15) is 0 Å². The van der Waals surface area contributed by atoms with Gasteiger partial charge in [0.05, 0.1) is 6.10 Å². The van der Waals surface area contributed by atoms with Crippen LogP contribution in [0.15, 0.2) is 12.2 Å². The van der Waals surface area contributed by atoms with Crippen LogP contribution in [0.25, 0.3) is 0 Å². The van der Waals surface area contributed by atoms with Crippen molar-refractivity contribution in [3.63, 3.8) is 0 Å². The molecule has 0 saturated heterocycles. The fourth-order valence-corrected chi connectivity index (χ4v) is 1.30. The molecule has 52 valence electrons. The van der Waals surface area contributed by atoms with Crippen molar-refractivity contribution < 1.29 is 5.11 Å². The minimum atomic E-state index is -0.106. The molecule has 0 aliphatic heterocycles. The summed E-state index contributed by atoms with van der Waals surface area (Å²) in [6, 6.07) is 0. The summed E-state index contributed by atoms with van der Waals surface area (Å²) in [6.07, 6.45) is 5.88. The van der Waals surface area contributed by atoms with E-state index in [0.29, 0.717) is 0 Å². The standard InChI is InChI=1S/C8H14O/c1-8(2)5-3-4-7(9)6-8/h3,5,7,9H,4,6H2,1-2H3.